The average molecular weight is 371 g/mol. The molecule has 0 saturated heterocycles. The normalized spacial score (nSPS) is 10.6. The quantitative estimate of drug-likeness (QED) is 0.623. The summed E-state index contributed by atoms with van der Waals surface area (Å²) in [5.41, 5.74) is 0.733. The molecule has 1 amide bonds. The lowest BCUT2D eigenvalue weighted by atomic mass is 10.2. The summed E-state index contributed by atoms with van der Waals surface area (Å²) in [6, 6.07) is 9.10. The fourth-order valence-corrected chi connectivity index (χ4v) is 2.93. The van der Waals surface area contributed by atoms with E-state index < -0.39 is 0 Å². The third-order valence-corrected chi connectivity index (χ3v) is 4.46. The zero-order valence-corrected chi connectivity index (χ0v) is 14.5. The van der Waals surface area contributed by atoms with Gasteiger partial charge < -0.3 is 5.32 Å². The predicted octanol–water partition coefficient (Wildman–Crippen LogP) is 4.26. The smallest absolute Gasteiger partial charge is 0.250 e. The van der Waals surface area contributed by atoms with E-state index in [0.29, 0.717) is 16.6 Å². The van der Waals surface area contributed by atoms with Gasteiger partial charge in [0.2, 0.25) is 5.91 Å². The fraction of sp³-hybridized carbons (Fsp3) is 0.0667. The summed E-state index contributed by atoms with van der Waals surface area (Å²) in [5, 5.41) is 8.73. The van der Waals surface area contributed by atoms with Gasteiger partial charge in [-0.05, 0) is 41.9 Å². The molecule has 0 fully saturated rings. The number of carbonyl (C=O) groups excluding carboxylic acids is 1. The van der Waals surface area contributed by atoms with Crippen molar-refractivity contribution in [2.45, 2.75) is 6.54 Å². The summed E-state index contributed by atoms with van der Waals surface area (Å²) in [4.78, 5) is 12.7. The standard InChI is InChI=1S/C15H12Cl2N2OS2/c16-12-4-1-5-13(17)11(12)9-18-15(21)19-14(20)7-6-10-3-2-8-22-10/h1-8H,9H2,(H2,18,19,20,21). The van der Waals surface area contributed by atoms with Gasteiger partial charge in [-0.25, -0.2) is 0 Å². The molecule has 0 radical (unpaired) electrons. The Labute approximate surface area is 147 Å². The van der Waals surface area contributed by atoms with Crippen molar-refractivity contribution in [2.75, 3.05) is 0 Å². The molecular formula is C15H12Cl2N2OS2. The number of carbonyl (C=O) groups is 1. The first kappa shape index (κ1) is 17.0. The highest BCUT2D eigenvalue weighted by Gasteiger charge is 2.06. The lowest BCUT2D eigenvalue weighted by molar-refractivity contribution is -0.115. The second-order valence-electron chi connectivity index (χ2n) is 4.22. The van der Waals surface area contributed by atoms with Crippen LogP contribution >= 0.6 is 46.8 Å². The van der Waals surface area contributed by atoms with E-state index in [1.807, 2.05) is 17.5 Å². The number of hydrogen-bond acceptors (Lipinski definition) is 3. The Hall–Kier alpha value is -1.40. The minimum Gasteiger partial charge on any atom is -0.358 e. The molecule has 0 spiro atoms. The molecule has 7 heteroatoms. The molecule has 1 aromatic carbocycles. The van der Waals surface area contributed by atoms with Crippen LogP contribution in [0, 0.1) is 0 Å². The Morgan fingerprint density at radius 2 is 1.95 bits per heavy atom. The zero-order valence-electron chi connectivity index (χ0n) is 11.3. The van der Waals surface area contributed by atoms with Crippen LogP contribution in [0.2, 0.25) is 10.0 Å². The summed E-state index contributed by atoms with van der Waals surface area (Å²) in [7, 11) is 0. The third-order valence-electron chi connectivity index (χ3n) is 2.67. The van der Waals surface area contributed by atoms with Crippen LogP contribution < -0.4 is 10.6 Å². The van der Waals surface area contributed by atoms with E-state index >= 15 is 0 Å². The first-order valence-corrected chi connectivity index (χ1v) is 8.34. The maximum absolute atomic E-state index is 11.7. The number of halogens is 2. The van der Waals surface area contributed by atoms with Gasteiger partial charge in [-0.2, -0.15) is 0 Å². The lowest BCUT2D eigenvalue weighted by Crippen LogP contribution is -2.38. The molecule has 0 saturated carbocycles. The first-order chi connectivity index (χ1) is 10.6. The second kappa shape index (κ2) is 8.29. The van der Waals surface area contributed by atoms with E-state index in [2.05, 4.69) is 10.6 Å². The van der Waals surface area contributed by atoms with Crippen LogP contribution in [0.1, 0.15) is 10.4 Å². The average Bonchev–Trinajstić information content (AvgIpc) is 2.98. The fourth-order valence-electron chi connectivity index (χ4n) is 1.61. The molecule has 2 N–H and O–H groups in total. The number of rotatable bonds is 4. The molecule has 0 aliphatic carbocycles. The summed E-state index contributed by atoms with van der Waals surface area (Å²) >= 11 is 18.7. The van der Waals surface area contributed by atoms with Crippen molar-refractivity contribution >= 4 is 63.9 Å². The Morgan fingerprint density at radius 3 is 2.59 bits per heavy atom. The van der Waals surface area contributed by atoms with Gasteiger partial charge >= 0.3 is 0 Å². The minimum atomic E-state index is -0.295. The van der Waals surface area contributed by atoms with E-state index in [0.717, 1.165) is 10.4 Å². The zero-order chi connectivity index (χ0) is 15.9. The van der Waals surface area contributed by atoms with Crippen molar-refractivity contribution in [1.82, 2.24) is 10.6 Å². The summed E-state index contributed by atoms with van der Waals surface area (Å²) < 4.78 is 0. The van der Waals surface area contributed by atoms with E-state index in [-0.39, 0.29) is 11.0 Å². The number of thiocarbonyl (C=S) groups is 1. The molecular weight excluding hydrogens is 359 g/mol. The summed E-state index contributed by atoms with van der Waals surface area (Å²) in [5.74, 6) is -0.295. The number of thiophene rings is 1. The number of nitrogens with one attached hydrogen (secondary N) is 2. The van der Waals surface area contributed by atoms with Gasteiger partial charge in [-0.3, -0.25) is 10.1 Å². The van der Waals surface area contributed by atoms with E-state index in [4.69, 9.17) is 35.4 Å². The monoisotopic (exact) mass is 370 g/mol. The van der Waals surface area contributed by atoms with E-state index in [9.17, 15) is 4.79 Å². The van der Waals surface area contributed by atoms with Gasteiger partial charge in [0.25, 0.3) is 0 Å². The maximum Gasteiger partial charge on any atom is 0.250 e. The van der Waals surface area contributed by atoms with Crippen LogP contribution in [0.4, 0.5) is 0 Å². The second-order valence-corrected chi connectivity index (χ2v) is 6.42. The van der Waals surface area contributed by atoms with Crippen molar-refractivity contribution in [2.24, 2.45) is 0 Å². The first-order valence-electron chi connectivity index (χ1n) is 6.29. The number of amides is 1. The van der Waals surface area contributed by atoms with Gasteiger partial charge in [-0.15, -0.1) is 11.3 Å². The van der Waals surface area contributed by atoms with Gasteiger partial charge in [-0.1, -0.05) is 35.3 Å². The Balaban J connectivity index is 1.84. The molecule has 0 atom stereocenters. The molecule has 2 rings (SSSR count). The van der Waals surface area contributed by atoms with Crippen LogP contribution in [0.5, 0.6) is 0 Å². The van der Waals surface area contributed by atoms with E-state index in [1.54, 1.807) is 35.6 Å². The SMILES string of the molecule is O=C(C=Cc1cccs1)NC(=S)NCc1c(Cl)cccc1Cl. The highest BCUT2D eigenvalue weighted by atomic mass is 35.5. The Kier molecular flexibility index (Phi) is 6.39. The highest BCUT2D eigenvalue weighted by Crippen LogP contribution is 2.23. The predicted molar refractivity (Wildman–Crippen MR) is 97.4 cm³/mol. The van der Waals surface area contributed by atoms with Crippen molar-refractivity contribution in [3.05, 3.63) is 62.3 Å². The molecule has 114 valence electrons. The largest absolute Gasteiger partial charge is 0.358 e. The maximum atomic E-state index is 11.7. The number of hydrogen-bond donors (Lipinski definition) is 2. The molecule has 0 aliphatic rings. The van der Waals surface area contributed by atoms with Gasteiger partial charge in [0.05, 0.1) is 0 Å². The third kappa shape index (κ3) is 5.10. The van der Waals surface area contributed by atoms with Crippen LogP contribution in [-0.4, -0.2) is 11.0 Å². The molecule has 1 heterocycles. The van der Waals surface area contributed by atoms with Gasteiger partial charge in [0.15, 0.2) is 5.11 Å². The minimum absolute atomic E-state index is 0.219. The molecule has 0 unspecified atom stereocenters. The molecule has 0 aliphatic heterocycles. The summed E-state index contributed by atoms with van der Waals surface area (Å²) in [6.07, 6.45) is 3.16. The Morgan fingerprint density at radius 1 is 1.23 bits per heavy atom. The van der Waals surface area contributed by atoms with Gasteiger partial charge in [0, 0.05) is 33.1 Å². The Bertz CT molecular complexity index is 679. The van der Waals surface area contributed by atoms with Crippen molar-refractivity contribution in [3.8, 4) is 0 Å². The van der Waals surface area contributed by atoms with Gasteiger partial charge in [0.1, 0.15) is 0 Å². The molecule has 22 heavy (non-hydrogen) atoms. The summed E-state index contributed by atoms with van der Waals surface area (Å²) in [6.45, 7) is 0.340. The lowest BCUT2D eigenvalue weighted by Gasteiger charge is -2.10. The molecule has 0 bridgehead atoms. The highest BCUT2D eigenvalue weighted by molar-refractivity contribution is 7.80. The number of benzene rings is 1. The van der Waals surface area contributed by atoms with Crippen LogP contribution in [0.3, 0.4) is 0 Å². The van der Waals surface area contributed by atoms with E-state index in [1.165, 1.54) is 6.08 Å². The van der Waals surface area contributed by atoms with Crippen LogP contribution in [0.15, 0.2) is 41.8 Å². The molecule has 1 aromatic heterocycles. The molecule has 3 nitrogen and oxygen atoms in total. The van der Waals surface area contributed by atoms with Crippen LogP contribution in [-0.2, 0) is 11.3 Å². The van der Waals surface area contributed by atoms with Crippen LogP contribution in [0.25, 0.3) is 6.08 Å². The van der Waals surface area contributed by atoms with Crippen molar-refractivity contribution in [3.63, 3.8) is 0 Å². The van der Waals surface area contributed by atoms with Crippen molar-refractivity contribution in [1.29, 1.82) is 0 Å². The molecule has 2 aromatic rings. The van der Waals surface area contributed by atoms with Crippen molar-refractivity contribution < 1.29 is 4.79 Å². The topological polar surface area (TPSA) is 41.1 Å².